The normalized spacial score (nSPS) is 19.8. The first-order valence-electron chi connectivity index (χ1n) is 11.2. The number of nitrogens with one attached hydrogen (secondary N) is 1. The molecular formula is C27H19Cl2F3N2O2. The van der Waals surface area contributed by atoms with Gasteiger partial charge in [-0.15, -0.1) is 0 Å². The Morgan fingerprint density at radius 1 is 0.889 bits per heavy atom. The summed E-state index contributed by atoms with van der Waals surface area (Å²) in [5, 5.41) is 4.03. The fourth-order valence-electron chi connectivity index (χ4n) is 4.91. The number of allylic oxidation sites excluding steroid dienone is 1. The number of halogens is 5. The van der Waals surface area contributed by atoms with Crippen LogP contribution in [0.25, 0.3) is 0 Å². The lowest BCUT2D eigenvalue weighted by Crippen LogP contribution is -2.45. The zero-order valence-corrected chi connectivity index (χ0v) is 20.2. The Morgan fingerprint density at radius 3 is 2.31 bits per heavy atom. The van der Waals surface area contributed by atoms with E-state index in [2.05, 4.69) is 5.32 Å². The minimum atomic E-state index is -5.17. The molecule has 1 aliphatic carbocycles. The van der Waals surface area contributed by atoms with E-state index in [1.165, 1.54) is 12.1 Å². The predicted octanol–water partition coefficient (Wildman–Crippen LogP) is 7.46. The molecule has 0 bridgehead atoms. The molecule has 1 amide bonds. The molecule has 1 heterocycles. The van der Waals surface area contributed by atoms with E-state index < -0.39 is 18.1 Å². The lowest BCUT2D eigenvalue weighted by molar-refractivity contribution is -0.170. The van der Waals surface area contributed by atoms with Crippen molar-refractivity contribution in [2.24, 2.45) is 0 Å². The first-order chi connectivity index (χ1) is 17.1. The van der Waals surface area contributed by atoms with Crippen LogP contribution in [0.2, 0.25) is 10.0 Å². The number of rotatable bonds is 2. The highest BCUT2D eigenvalue weighted by molar-refractivity contribution is 6.31. The van der Waals surface area contributed by atoms with Gasteiger partial charge in [0.05, 0.1) is 17.4 Å². The molecule has 0 saturated heterocycles. The van der Waals surface area contributed by atoms with Crippen LogP contribution in [0.15, 0.2) is 84.1 Å². The van der Waals surface area contributed by atoms with E-state index in [4.69, 9.17) is 23.2 Å². The van der Waals surface area contributed by atoms with Crippen LogP contribution >= 0.6 is 23.2 Å². The number of fused-ring (bicyclic) bond motifs is 1. The number of amides is 1. The third kappa shape index (κ3) is 4.49. The fourth-order valence-corrected chi connectivity index (χ4v) is 5.24. The van der Waals surface area contributed by atoms with Crippen LogP contribution in [0.5, 0.6) is 0 Å². The molecule has 2 unspecified atom stereocenters. The van der Waals surface area contributed by atoms with Gasteiger partial charge in [0, 0.05) is 27.7 Å². The molecule has 0 fully saturated rings. The molecule has 0 aromatic heterocycles. The number of hydrogen-bond donors (Lipinski definition) is 1. The van der Waals surface area contributed by atoms with Gasteiger partial charge in [-0.3, -0.25) is 14.5 Å². The Bertz CT molecular complexity index is 1390. The summed E-state index contributed by atoms with van der Waals surface area (Å²) in [6, 6.07) is 18.3. The van der Waals surface area contributed by atoms with Crippen LogP contribution in [-0.2, 0) is 9.59 Å². The van der Waals surface area contributed by atoms with Crippen LogP contribution in [0, 0.1) is 0 Å². The van der Waals surface area contributed by atoms with Crippen LogP contribution in [0.4, 0.5) is 24.5 Å². The molecular weight excluding hydrogens is 512 g/mol. The van der Waals surface area contributed by atoms with Gasteiger partial charge in [0.2, 0.25) is 0 Å². The lowest BCUT2D eigenvalue weighted by Gasteiger charge is -2.35. The molecule has 2 atom stereocenters. The molecule has 1 N–H and O–H groups in total. The van der Waals surface area contributed by atoms with Crippen molar-refractivity contribution < 1.29 is 22.8 Å². The summed E-state index contributed by atoms with van der Waals surface area (Å²) in [5.74, 6) is -2.62. The largest absolute Gasteiger partial charge is 0.471 e. The first kappa shape index (κ1) is 24.4. The summed E-state index contributed by atoms with van der Waals surface area (Å²) >= 11 is 12.2. The molecule has 3 aromatic carbocycles. The van der Waals surface area contributed by atoms with Gasteiger partial charge in [0.25, 0.3) is 0 Å². The highest BCUT2D eigenvalue weighted by atomic mass is 35.5. The Hall–Kier alpha value is -3.29. The molecule has 0 radical (unpaired) electrons. The Balaban J connectivity index is 1.73. The Morgan fingerprint density at radius 2 is 1.61 bits per heavy atom. The van der Waals surface area contributed by atoms with Gasteiger partial charge in [-0.2, -0.15) is 13.2 Å². The number of anilines is 2. The summed E-state index contributed by atoms with van der Waals surface area (Å²) < 4.78 is 41.7. The second-order valence-corrected chi connectivity index (χ2v) is 9.62. The molecule has 1 aliphatic heterocycles. The van der Waals surface area contributed by atoms with E-state index in [0.29, 0.717) is 33.3 Å². The number of nitrogens with zero attached hydrogens (tertiary/aromatic N) is 1. The van der Waals surface area contributed by atoms with Crippen molar-refractivity contribution in [1.29, 1.82) is 0 Å². The minimum Gasteiger partial charge on any atom is -0.357 e. The van der Waals surface area contributed by atoms with Crippen molar-refractivity contribution >= 4 is 46.3 Å². The van der Waals surface area contributed by atoms with Gasteiger partial charge in [-0.25, -0.2) is 0 Å². The molecule has 9 heteroatoms. The highest BCUT2D eigenvalue weighted by Gasteiger charge is 2.50. The Labute approximate surface area is 215 Å². The van der Waals surface area contributed by atoms with Crippen molar-refractivity contribution in [1.82, 2.24) is 0 Å². The molecule has 4 nitrogen and oxygen atoms in total. The quantitative estimate of drug-likeness (QED) is 0.374. The summed E-state index contributed by atoms with van der Waals surface area (Å²) in [5.41, 5.74) is 2.12. The molecule has 5 rings (SSSR count). The average molecular weight is 531 g/mol. The lowest BCUT2D eigenvalue weighted by atomic mass is 9.78. The monoisotopic (exact) mass is 530 g/mol. The molecule has 0 saturated carbocycles. The van der Waals surface area contributed by atoms with E-state index in [1.807, 2.05) is 12.1 Å². The number of para-hydroxylation sites is 2. The highest BCUT2D eigenvalue weighted by Crippen LogP contribution is 2.48. The molecule has 3 aromatic rings. The predicted molar refractivity (Wildman–Crippen MR) is 133 cm³/mol. The number of ketones is 1. The zero-order valence-electron chi connectivity index (χ0n) is 18.7. The van der Waals surface area contributed by atoms with Gasteiger partial charge in [-0.05, 0) is 59.9 Å². The van der Waals surface area contributed by atoms with Gasteiger partial charge in [-0.1, -0.05) is 59.6 Å². The third-order valence-electron chi connectivity index (χ3n) is 6.46. The van der Waals surface area contributed by atoms with Crippen LogP contribution in [0.1, 0.15) is 35.9 Å². The number of hydrogen-bond acceptors (Lipinski definition) is 3. The summed E-state index contributed by atoms with van der Waals surface area (Å²) in [4.78, 5) is 27.3. The van der Waals surface area contributed by atoms with Gasteiger partial charge >= 0.3 is 12.1 Å². The zero-order chi connectivity index (χ0) is 25.6. The van der Waals surface area contributed by atoms with Crippen LogP contribution < -0.4 is 10.2 Å². The molecule has 36 heavy (non-hydrogen) atoms. The van der Waals surface area contributed by atoms with Crippen LogP contribution in [-0.4, -0.2) is 17.9 Å². The summed E-state index contributed by atoms with van der Waals surface area (Å²) in [6.45, 7) is 0. The van der Waals surface area contributed by atoms with Crippen LogP contribution in [0.3, 0.4) is 0 Å². The standard InChI is InChI=1S/C27H19Cl2F3N2O2/c28-18-10-8-15(9-11-18)17-13-21-24(23(35)14-17)25(16-4-3-5-19(29)12-16)34(26(36)27(30,31)32)22-7-2-1-6-20(22)33-21/h1-12,17,25,33H,13-14H2. The topological polar surface area (TPSA) is 49.4 Å². The minimum absolute atomic E-state index is 0.0232. The van der Waals surface area contributed by atoms with E-state index in [9.17, 15) is 22.8 Å². The molecule has 2 aliphatic rings. The fraction of sp³-hybridized carbons (Fsp3) is 0.185. The number of carbonyl (C=O) groups excluding carboxylic acids is 2. The van der Waals surface area contributed by atoms with Crippen molar-refractivity contribution in [3.8, 4) is 0 Å². The summed E-state index contributed by atoms with van der Waals surface area (Å²) in [6.07, 6.45) is -4.73. The van der Waals surface area contributed by atoms with Gasteiger partial charge in [0.1, 0.15) is 0 Å². The number of alkyl halides is 3. The maximum Gasteiger partial charge on any atom is 0.471 e. The molecule has 184 valence electrons. The van der Waals surface area contributed by atoms with E-state index in [0.717, 1.165) is 5.56 Å². The third-order valence-corrected chi connectivity index (χ3v) is 6.94. The number of carbonyl (C=O) groups is 2. The van der Waals surface area contributed by atoms with Crippen molar-refractivity contribution in [2.45, 2.75) is 31.0 Å². The van der Waals surface area contributed by atoms with Crippen molar-refractivity contribution in [2.75, 3.05) is 10.2 Å². The Kier molecular flexibility index (Phi) is 6.30. The average Bonchev–Trinajstić information content (AvgIpc) is 2.98. The van der Waals surface area contributed by atoms with E-state index in [1.54, 1.807) is 48.5 Å². The van der Waals surface area contributed by atoms with E-state index >= 15 is 0 Å². The number of Topliss-reactive ketones (excluding diaryl/α,β-unsaturated/α-hetero) is 1. The van der Waals surface area contributed by atoms with Crippen molar-refractivity contribution in [3.05, 3.63) is 105 Å². The van der Waals surface area contributed by atoms with E-state index in [-0.39, 0.29) is 34.4 Å². The van der Waals surface area contributed by atoms with Gasteiger partial charge < -0.3 is 5.32 Å². The number of benzene rings is 3. The maximum absolute atomic E-state index is 13.9. The molecule has 0 spiro atoms. The van der Waals surface area contributed by atoms with Gasteiger partial charge in [0.15, 0.2) is 5.78 Å². The van der Waals surface area contributed by atoms with Crippen molar-refractivity contribution in [3.63, 3.8) is 0 Å². The maximum atomic E-state index is 13.9. The first-order valence-corrected chi connectivity index (χ1v) is 11.9. The summed E-state index contributed by atoms with van der Waals surface area (Å²) in [7, 11) is 0. The smallest absolute Gasteiger partial charge is 0.357 e. The second-order valence-electron chi connectivity index (χ2n) is 8.74. The SMILES string of the molecule is O=C1CC(c2ccc(Cl)cc2)CC2=C1C(c1cccc(Cl)c1)N(C(=O)C(F)(F)F)c1ccccc1N2. The second kappa shape index (κ2) is 9.30.